The van der Waals surface area contributed by atoms with E-state index in [2.05, 4.69) is 0 Å². The van der Waals surface area contributed by atoms with E-state index in [1.54, 1.807) is 6.92 Å². The number of hydrogen-bond acceptors (Lipinski definition) is 5. The van der Waals surface area contributed by atoms with Crippen LogP contribution in [0.25, 0.3) is 0 Å². The molecule has 90 valence electrons. The van der Waals surface area contributed by atoms with Gasteiger partial charge in [0.2, 0.25) is 0 Å². The second-order valence-corrected chi connectivity index (χ2v) is 3.21. The molecule has 17 heavy (non-hydrogen) atoms. The predicted octanol–water partition coefficient (Wildman–Crippen LogP) is 1.24. The topological polar surface area (TPSA) is 79.5 Å². The zero-order chi connectivity index (χ0) is 12.8. The Morgan fingerprint density at radius 2 is 2.24 bits per heavy atom. The monoisotopic (exact) mass is 235 g/mol. The number of nitrogens with zero attached hydrogens (tertiary/aromatic N) is 1. The van der Waals surface area contributed by atoms with Crippen molar-refractivity contribution in [2.45, 2.75) is 13.5 Å². The maximum atomic E-state index is 11.7. The van der Waals surface area contributed by atoms with Crippen LogP contribution in [0.5, 0.6) is 5.75 Å². The summed E-state index contributed by atoms with van der Waals surface area (Å²) >= 11 is 0. The molecule has 1 rings (SSSR count). The highest BCUT2D eigenvalue weighted by molar-refractivity contribution is 5.93. The highest BCUT2D eigenvalue weighted by Gasteiger charge is 2.18. The molecule has 5 nitrogen and oxygen atoms in total. The van der Waals surface area contributed by atoms with Gasteiger partial charge in [-0.2, -0.15) is 5.26 Å². The summed E-state index contributed by atoms with van der Waals surface area (Å²) in [5.74, 6) is -0.403. The maximum Gasteiger partial charge on any atom is 0.341 e. The molecule has 0 spiro atoms. The van der Waals surface area contributed by atoms with Gasteiger partial charge in [0.05, 0.1) is 25.9 Å². The summed E-state index contributed by atoms with van der Waals surface area (Å²) in [5, 5.41) is 18.0. The second-order valence-electron chi connectivity index (χ2n) is 3.21. The summed E-state index contributed by atoms with van der Waals surface area (Å²) < 4.78 is 9.89. The van der Waals surface area contributed by atoms with Gasteiger partial charge in [0.1, 0.15) is 11.6 Å². The summed E-state index contributed by atoms with van der Waals surface area (Å²) in [7, 11) is 1.37. The summed E-state index contributed by atoms with van der Waals surface area (Å²) in [6.45, 7) is 1.66. The number of nitriles is 1. The molecule has 0 heterocycles. The van der Waals surface area contributed by atoms with Gasteiger partial charge in [-0.15, -0.1) is 0 Å². The Morgan fingerprint density at radius 1 is 1.53 bits per heavy atom. The standard InChI is InChI=1S/C12H13NO4/c1-3-17-12(15)10-5-8(7-14)4-9(6-13)11(10)16-2/h4-5,14H,3,7H2,1-2H3. The van der Waals surface area contributed by atoms with Crippen LogP contribution in [0.2, 0.25) is 0 Å². The number of rotatable bonds is 4. The molecule has 0 aliphatic heterocycles. The van der Waals surface area contributed by atoms with Crippen LogP contribution in [0, 0.1) is 11.3 Å². The lowest BCUT2D eigenvalue weighted by Gasteiger charge is -2.11. The van der Waals surface area contributed by atoms with Crippen molar-refractivity contribution in [1.29, 1.82) is 5.26 Å². The van der Waals surface area contributed by atoms with Gasteiger partial charge in [-0.05, 0) is 24.6 Å². The molecule has 0 saturated heterocycles. The van der Waals surface area contributed by atoms with Crippen molar-refractivity contribution in [2.24, 2.45) is 0 Å². The fraction of sp³-hybridized carbons (Fsp3) is 0.333. The third-order valence-electron chi connectivity index (χ3n) is 2.15. The van der Waals surface area contributed by atoms with Crippen LogP contribution < -0.4 is 4.74 Å². The summed E-state index contributed by atoms with van der Waals surface area (Å²) in [6.07, 6.45) is 0. The van der Waals surface area contributed by atoms with Crippen LogP contribution in [-0.4, -0.2) is 24.8 Å². The SMILES string of the molecule is CCOC(=O)c1cc(CO)cc(C#N)c1OC. The lowest BCUT2D eigenvalue weighted by Crippen LogP contribution is -2.09. The molecule has 0 aliphatic carbocycles. The molecular weight excluding hydrogens is 222 g/mol. The smallest absolute Gasteiger partial charge is 0.341 e. The first-order chi connectivity index (χ1) is 8.17. The minimum Gasteiger partial charge on any atom is -0.494 e. The van der Waals surface area contributed by atoms with E-state index in [1.807, 2.05) is 6.07 Å². The van der Waals surface area contributed by atoms with Crippen LogP contribution in [0.15, 0.2) is 12.1 Å². The molecule has 0 aromatic heterocycles. The molecular formula is C12H13NO4. The number of aliphatic hydroxyl groups excluding tert-OH is 1. The van der Waals surface area contributed by atoms with E-state index in [0.29, 0.717) is 5.56 Å². The molecule has 0 radical (unpaired) electrons. The molecule has 0 unspecified atom stereocenters. The summed E-state index contributed by atoms with van der Waals surface area (Å²) in [5.41, 5.74) is 0.810. The van der Waals surface area contributed by atoms with Gasteiger partial charge in [-0.1, -0.05) is 0 Å². The highest BCUT2D eigenvalue weighted by Crippen LogP contribution is 2.26. The Balaban J connectivity index is 3.35. The molecule has 0 saturated carbocycles. The Morgan fingerprint density at radius 3 is 2.71 bits per heavy atom. The van der Waals surface area contributed by atoms with Gasteiger partial charge in [0, 0.05) is 0 Å². The van der Waals surface area contributed by atoms with Gasteiger partial charge in [0.15, 0.2) is 5.75 Å². The largest absolute Gasteiger partial charge is 0.494 e. The zero-order valence-electron chi connectivity index (χ0n) is 9.69. The molecule has 0 aliphatic rings. The molecule has 0 atom stereocenters. The second kappa shape index (κ2) is 5.87. The van der Waals surface area contributed by atoms with E-state index in [4.69, 9.17) is 19.8 Å². The van der Waals surface area contributed by atoms with Crippen molar-refractivity contribution < 1.29 is 19.4 Å². The van der Waals surface area contributed by atoms with Crippen molar-refractivity contribution >= 4 is 5.97 Å². The van der Waals surface area contributed by atoms with Crippen molar-refractivity contribution in [3.05, 3.63) is 28.8 Å². The fourth-order valence-electron chi connectivity index (χ4n) is 1.44. The number of carbonyl (C=O) groups is 1. The highest BCUT2D eigenvalue weighted by atomic mass is 16.5. The van der Waals surface area contributed by atoms with E-state index >= 15 is 0 Å². The van der Waals surface area contributed by atoms with Crippen molar-refractivity contribution in [3.8, 4) is 11.8 Å². The normalized spacial score (nSPS) is 9.53. The third kappa shape index (κ3) is 2.74. The summed E-state index contributed by atoms with van der Waals surface area (Å²) in [4.78, 5) is 11.7. The lowest BCUT2D eigenvalue weighted by atomic mass is 10.0. The van der Waals surface area contributed by atoms with Crippen molar-refractivity contribution in [3.63, 3.8) is 0 Å². The van der Waals surface area contributed by atoms with Crippen molar-refractivity contribution in [1.82, 2.24) is 0 Å². The van der Waals surface area contributed by atoms with Crippen LogP contribution >= 0.6 is 0 Å². The number of esters is 1. The lowest BCUT2D eigenvalue weighted by molar-refractivity contribution is 0.0522. The van der Waals surface area contributed by atoms with E-state index < -0.39 is 5.97 Å². The molecule has 0 amide bonds. The van der Waals surface area contributed by atoms with Crippen LogP contribution in [0.3, 0.4) is 0 Å². The molecule has 1 N–H and O–H groups in total. The van der Waals surface area contributed by atoms with Crippen LogP contribution in [0.4, 0.5) is 0 Å². The number of benzene rings is 1. The molecule has 5 heteroatoms. The van der Waals surface area contributed by atoms with Crippen LogP contribution in [0.1, 0.15) is 28.4 Å². The first kappa shape index (κ1) is 13.0. The zero-order valence-corrected chi connectivity index (χ0v) is 9.69. The van der Waals surface area contributed by atoms with Crippen LogP contribution in [-0.2, 0) is 11.3 Å². The molecule has 0 fully saturated rings. The Labute approximate surface area is 99.2 Å². The first-order valence-electron chi connectivity index (χ1n) is 5.06. The van der Waals surface area contributed by atoms with Gasteiger partial charge < -0.3 is 14.6 Å². The Bertz CT molecular complexity index is 462. The average Bonchev–Trinajstić information content (AvgIpc) is 2.37. The van der Waals surface area contributed by atoms with Gasteiger partial charge in [-0.25, -0.2) is 4.79 Å². The molecule has 1 aromatic rings. The third-order valence-corrected chi connectivity index (χ3v) is 2.15. The van der Waals surface area contributed by atoms with Gasteiger partial charge in [0.25, 0.3) is 0 Å². The maximum absolute atomic E-state index is 11.7. The van der Waals surface area contributed by atoms with E-state index in [-0.39, 0.29) is 30.1 Å². The predicted molar refractivity (Wildman–Crippen MR) is 59.6 cm³/mol. The number of carbonyl (C=O) groups excluding carboxylic acids is 1. The van der Waals surface area contributed by atoms with Gasteiger partial charge >= 0.3 is 5.97 Å². The molecule has 1 aromatic carbocycles. The molecule has 0 bridgehead atoms. The van der Waals surface area contributed by atoms with E-state index in [1.165, 1.54) is 19.2 Å². The van der Waals surface area contributed by atoms with E-state index in [0.717, 1.165) is 0 Å². The summed E-state index contributed by atoms with van der Waals surface area (Å²) in [6, 6.07) is 4.84. The quantitative estimate of drug-likeness (QED) is 0.794. The number of methoxy groups -OCH3 is 1. The number of hydrogen-bond donors (Lipinski definition) is 1. The minimum atomic E-state index is -0.573. The Hall–Kier alpha value is -2.06. The van der Waals surface area contributed by atoms with Gasteiger partial charge in [-0.3, -0.25) is 0 Å². The first-order valence-corrected chi connectivity index (χ1v) is 5.06. The minimum absolute atomic E-state index is 0.150. The number of aliphatic hydroxyl groups is 1. The Kier molecular flexibility index (Phi) is 4.49. The van der Waals surface area contributed by atoms with Crippen molar-refractivity contribution in [2.75, 3.05) is 13.7 Å². The number of ether oxygens (including phenoxy) is 2. The fourth-order valence-corrected chi connectivity index (χ4v) is 1.44. The van der Waals surface area contributed by atoms with E-state index in [9.17, 15) is 4.79 Å². The average molecular weight is 235 g/mol.